The van der Waals surface area contributed by atoms with Gasteiger partial charge in [0.1, 0.15) is 5.75 Å². The monoisotopic (exact) mass is 340 g/mol. The van der Waals surface area contributed by atoms with Crippen LogP contribution in [0, 0.1) is 6.92 Å². The lowest BCUT2D eigenvalue weighted by Gasteiger charge is -2.15. The molecular formula is C13H13BrN2O2S. The number of hydrogen-bond acceptors (Lipinski definition) is 4. The fourth-order valence-corrected chi connectivity index (χ4v) is 2.56. The summed E-state index contributed by atoms with van der Waals surface area (Å²) in [4.78, 5) is 15.9. The molecule has 0 aliphatic rings. The number of hydrogen-bond donors (Lipinski definition) is 1. The quantitative estimate of drug-likeness (QED) is 0.924. The average molecular weight is 341 g/mol. The topological polar surface area (TPSA) is 51.2 Å². The van der Waals surface area contributed by atoms with Crippen LogP contribution in [0.3, 0.4) is 0 Å². The fraction of sp³-hybridized carbons (Fsp3) is 0.231. The van der Waals surface area contributed by atoms with Crippen molar-refractivity contribution in [1.82, 2.24) is 4.98 Å². The molecule has 1 heterocycles. The van der Waals surface area contributed by atoms with E-state index in [4.69, 9.17) is 4.74 Å². The van der Waals surface area contributed by atoms with Crippen molar-refractivity contribution in [1.29, 1.82) is 0 Å². The molecule has 0 saturated carbocycles. The number of rotatable bonds is 4. The lowest BCUT2D eigenvalue weighted by Crippen LogP contribution is -2.30. The summed E-state index contributed by atoms with van der Waals surface area (Å²) in [6.45, 7) is 3.70. The van der Waals surface area contributed by atoms with Gasteiger partial charge in [0.05, 0.1) is 4.47 Å². The average Bonchev–Trinajstić information content (AvgIpc) is 2.85. The van der Waals surface area contributed by atoms with Crippen LogP contribution in [-0.2, 0) is 4.79 Å². The van der Waals surface area contributed by atoms with Crippen molar-refractivity contribution < 1.29 is 9.53 Å². The van der Waals surface area contributed by atoms with Gasteiger partial charge in [0.2, 0.25) is 0 Å². The number of amides is 1. The van der Waals surface area contributed by atoms with E-state index in [1.54, 1.807) is 18.5 Å². The number of aryl methyl sites for hydroxylation is 1. The van der Waals surface area contributed by atoms with Crippen LogP contribution in [-0.4, -0.2) is 17.0 Å². The number of thiazole rings is 1. The van der Waals surface area contributed by atoms with Crippen molar-refractivity contribution in [3.05, 3.63) is 39.8 Å². The molecule has 6 heteroatoms. The van der Waals surface area contributed by atoms with Crippen LogP contribution >= 0.6 is 27.3 Å². The molecule has 1 N–H and O–H groups in total. The maximum atomic E-state index is 11.9. The van der Waals surface area contributed by atoms with E-state index >= 15 is 0 Å². The fourth-order valence-electron chi connectivity index (χ4n) is 1.44. The smallest absolute Gasteiger partial charge is 0.266 e. The Bertz CT molecular complexity index is 572. The standard InChI is InChI=1S/C13H13BrN2O2S/c1-8-3-4-11(10(14)7-8)18-9(2)12(17)16-13-15-5-6-19-13/h3-7,9H,1-2H3,(H,15,16,17). The van der Waals surface area contributed by atoms with Crippen molar-refractivity contribution in [2.45, 2.75) is 20.0 Å². The number of anilines is 1. The van der Waals surface area contributed by atoms with Gasteiger partial charge in [-0.25, -0.2) is 4.98 Å². The Morgan fingerprint density at radius 3 is 2.95 bits per heavy atom. The zero-order chi connectivity index (χ0) is 13.8. The Labute approximate surface area is 124 Å². The maximum Gasteiger partial charge on any atom is 0.266 e. The lowest BCUT2D eigenvalue weighted by molar-refractivity contribution is -0.122. The summed E-state index contributed by atoms with van der Waals surface area (Å²) < 4.78 is 6.46. The SMILES string of the molecule is Cc1ccc(OC(C)C(=O)Nc2nccs2)c(Br)c1. The first-order valence-corrected chi connectivity index (χ1v) is 7.36. The van der Waals surface area contributed by atoms with E-state index < -0.39 is 6.10 Å². The van der Waals surface area contributed by atoms with Crippen LogP contribution in [0.4, 0.5) is 5.13 Å². The molecular weight excluding hydrogens is 328 g/mol. The number of carbonyl (C=O) groups is 1. The van der Waals surface area contributed by atoms with Crippen LogP contribution in [0.1, 0.15) is 12.5 Å². The van der Waals surface area contributed by atoms with Gasteiger partial charge in [-0.15, -0.1) is 11.3 Å². The third-order valence-electron chi connectivity index (χ3n) is 2.42. The minimum atomic E-state index is -0.595. The van der Waals surface area contributed by atoms with Gasteiger partial charge in [-0.3, -0.25) is 10.1 Å². The Kier molecular flexibility index (Phi) is 4.55. The first kappa shape index (κ1) is 14.0. The molecule has 0 aliphatic carbocycles. The third kappa shape index (κ3) is 3.78. The van der Waals surface area contributed by atoms with E-state index in [9.17, 15) is 4.79 Å². The summed E-state index contributed by atoms with van der Waals surface area (Å²) in [7, 11) is 0. The Morgan fingerprint density at radius 1 is 1.53 bits per heavy atom. The molecule has 0 radical (unpaired) electrons. The van der Waals surface area contributed by atoms with Gasteiger partial charge in [0.25, 0.3) is 5.91 Å². The second kappa shape index (κ2) is 6.16. The summed E-state index contributed by atoms with van der Waals surface area (Å²) >= 11 is 4.79. The molecule has 1 aromatic heterocycles. The Morgan fingerprint density at radius 2 is 2.32 bits per heavy atom. The molecule has 2 rings (SSSR count). The van der Waals surface area contributed by atoms with E-state index in [1.165, 1.54) is 11.3 Å². The van der Waals surface area contributed by atoms with Crippen LogP contribution in [0.2, 0.25) is 0 Å². The summed E-state index contributed by atoms with van der Waals surface area (Å²) in [5.74, 6) is 0.426. The van der Waals surface area contributed by atoms with Gasteiger partial charge in [-0.2, -0.15) is 0 Å². The second-order valence-corrected chi connectivity index (χ2v) is 5.77. The number of halogens is 1. The van der Waals surface area contributed by atoms with Crippen LogP contribution in [0.25, 0.3) is 0 Å². The highest BCUT2D eigenvalue weighted by atomic mass is 79.9. The second-order valence-electron chi connectivity index (χ2n) is 4.02. The van der Waals surface area contributed by atoms with E-state index in [0.717, 1.165) is 10.0 Å². The summed E-state index contributed by atoms with van der Waals surface area (Å²) in [5.41, 5.74) is 1.12. The molecule has 0 spiro atoms. The van der Waals surface area contributed by atoms with Gasteiger partial charge < -0.3 is 4.74 Å². The predicted molar refractivity (Wildman–Crippen MR) is 79.7 cm³/mol. The molecule has 0 bridgehead atoms. The normalized spacial score (nSPS) is 11.9. The Balaban J connectivity index is 2.00. The Hall–Kier alpha value is -1.40. The van der Waals surface area contributed by atoms with Gasteiger partial charge >= 0.3 is 0 Å². The molecule has 0 fully saturated rings. The van der Waals surface area contributed by atoms with E-state index in [-0.39, 0.29) is 5.91 Å². The van der Waals surface area contributed by atoms with Crippen LogP contribution in [0.15, 0.2) is 34.2 Å². The highest BCUT2D eigenvalue weighted by Gasteiger charge is 2.16. The molecule has 0 aliphatic heterocycles. The first-order chi connectivity index (χ1) is 9.06. The zero-order valence-corrected chi connectivity index (χ0v) is 12.9. The number of ether oxygens (including phenoxy) is 1. The molecule has 4 nitrogen and oxygen atoms in total. The molecule has 1 aromatic carbocycles. The van der Waals surface area contributed by atoms with E-state index in [2.05, 4.69) is 26.2 Å². The van der Waals surface area contributed by atoms with Crippen molar-refractivity contribution in [3.8, 4) is 5.75 Å². The molecule has 1 atom stereocenters. The molecule has 1 unspecified atom stereocenters. The minimum Gasteiger partial charge on any atom is -0.480 e. The number of nitrogens with zero attached hydrogens (tertiary/aromatic N) is 1. The van der Waals surface area contributed by atoms with Crippen molar-refractivity contribution in [2.75, 3.05) is 5.32 Å². The molecule has 100 valence electrons. The van der Waals surface area contributed by atoms with Crippen molar-refractivity contribution in [3.63, 3.8) is 0 Å². The van der Waals surface area contributed by atoms with Gasteiger partial charge in [0.15, 0.2) is 11.2 Å². The summed E-state index contributed by atoms with van der Waals surface area (Å²) in [5, 5.41) is 5.08. The van der Waals surface area contributed by atoms with E-state index in [0.29, 0.717) is 10.9 Å². The van der Waals surface area contributed by atoms with Crippen molar-refractivity contribution >= 4 is 38.3 Å². The number of aromatic nitrogens is 1. The third-order valence-corrected chi connectivity index (χ3v) is 3.73. The van der Waals surface area contributed by atoms with Crippen LogP contribution < -0.4 is 10.1 Å². The van der Waals surface area contributed by atoms with Gasteiger partial charge in [-0.1, -0.05) is 6.07 Å². The summed E-state index contributed by atoms with van der Waals surface area (Å²) in [6, 6.07) is 5.72. The number of nitrogens with one attached hydrogen (secondary N) is 1. The van der Waals surface area contributed by atoms with Crippen molar-refractivity contribution in [2.24, 2.45) is 0 Å². The molecule has 2 aromatic rings. The molecule has 0 saturated heterocycles. The van der Waals surface area contributed by atoms with Gasteiger partial charge in [0, 0.05) is 11.6 Å². The largest absolute Gasteiger partial charge is 0.480 e. The number of carbonyl (C=O) groups excluding carboxylic acids is 1. The first-order valence-electron chi connectivity index (χ1n) is 5.69. The predicted octanol–water partition coefficient (Wildman–Crippen LogP) is 3.62. The van der Waals surface area contributed by atoms with Crippen LogP contribution in [0.5, 0.6) is 5.75 Å². The highest BCUT2D eigenvalue weighted by molar-refractivity contribution is 9.10. The minimum absolute atomic E-state index is 0.220. The highest BCUT2D eigenvalue weighted by Crippen LogP contribution is 2.26. The zero-order valence-electron chi connectivity index (χ0n) is 10.5. The maximum absolute atomic E-state index is 11.9. The molecule has 1 amide bonds. The van der Waals surface area contributed by atoms with Gasteiger partial charge in [-0.05, 0) is 47.5 Å². The lowest BCUT2D eigenvalue weighted by atomic mass is 10.2. The van der Waals surface area contributed by atoms with E-state index in [1.807, 2.05) is 25.1 Å². The molecule has 19 heavy (non-hydrogen) atoms. The number of benzene rings is 1. The summed E-state index contributed by atoms with van der Waals surface area (Å²) in [6.07, 6.45) is 1.05.